The van der Waals surface area contributed by atoms with Gasteiger partial charge in [-0.05, 0) is 24.7 Å². The highest BCUT2D eigenvalue weighted by Crippen LogP contribution is 2.33. The number of carbonyl (C=O) groups is 1. The Labute approximate surface area is 182 Å². The maximum absolute atomic E-state index is 12.1. The van der Waals surface area contributed by atoms with Crippen molar-refractivity contribution in [2.45, 2.75) is 66.0 Å². The zero-order valence-corrected chi connectivity index (χ0v) is 20.2. The number of ether oxygens (including phenoxy) is 1. The molecular weight excluding hydrogens is 455 g/mol. The summed E-state index contributed by atoms with van der Waals surface area (Å²) in [6.45, 7) is 14.0. The summed E-state index contributed by atoms with van der Waals surface area (Å²) in [5.41, 5.74) is 0.146. The Morgan fingerprint density at radius 3 is 2.59 bits per heavy atom. The van der Waals surface area contributed by atoms with Crippen LogP contribution in [-0.2, 0) is 9.53 Å². The van der Waals surface area contributed by atoms with Gasteiger partial charge in [-0.3, -0.25) is 9.79 Å². The van der Waals surface area contributed by atoms with Gasteiger partial charge in [-0.15, -0.1) is 24.0 Å². The molecule has 0 aromatic heterocycles. The van der Waals surface area contributed by atoms with Crippen molar-refractivity contribution in [1.82, 2.24) is 15.5 Å². The molecule has 2 fully saturated rings. The summed E-state index contributed by atoms with van der Waals surface area (Å²) in [7, 11) is 1.81. The Morgan fingerprint density at radius 1 is 1.30 bits per heavy atom. The van der Waals surface area contributed by atoms with Gasteiger partial charge >= 0.3 is 0 Å². The molecule has 0 bridgehead atoms. The third kappa shape index (κ3) is 7.07. The van der Waals surface area contributed by atoms with E-state index in [9.17, 15) is 4.79 Å². The fraction of sp³-hybridized carbons (Fsp3) is 0.900. The molecule has 158 valence electrons. The Kier molecular flexibility index (Phi) is 9.82. The van der Waals surface area contributed by atoms with Crippen LogP contribution in [0.1, 0.15) is 53.9 Å². The molecule has 0 saturated carbocycles. The van der Waals surface area contributed by atoms with E-state index in [4.69, 9.17) is 4.74 Å². The zero-order valence-electron chi connectivity index (χ0n) is 17.9. The van der Waals surface area contributed by atoms with Gasteiger partial charge in [0.15, 0.2) is 5.96 Å². The number of hydrogen-bond acceptors (Lipinski definition) is 3. The van der Waals surface area contributed by atoms with Crippen molar-refractivity contribution in [2.24, 2.45) is 22.2 Å². The molecule has 2 aliphatic heterocycles. The Bertz CT molecular complexity index is 505. The number of nitrogens with one attached hydrogen (secondary N) is 2. The van der Waals surface area contributed by atoms with E-state index < -0.39 is 0 Å². The normalized spacial score (nSPS) is 26.7. The van der Waals surface area contributed by atoms with Gasteiger partial charge in [0.05, 0.1) is 6.10 Å². The highest BCUT2D eigenvalue weighted by atomic mass is 127. The zero-order chi connectivity index (χ0) is 19.3. The first-order chi connectivity index (χ1) is 12.2. The average Bonchev–Trinajstić information content (AvgIpc) is 3.05. The highest BCUT2D eigenvalue weighted by Gasteiger charge is 2.35. The van der Waals surface area contributed by atoms with Gasteiger partial charge in [-0.25, -0.2) is 0 Å². The van der Waals surface area contributed by atoms with Gasteiger partial charge in [0.1, 0.15) is 0 Å². The fourth-order valence-corrected chi connectivity index (χ4v) is 4.07. The van der Waals surface area contributed by atoms with Gasteiger partial charge in [0, 0.05) is 51.2 Å². The molecule has 3 atom stereocenters. The molecule has 2 N–H and O–H groups in total. The van der Waals surface area contributed by atoms with Gasteiger partial charge in [-0.1, -0.05) is 34.6 Å². The van der Waals surface area contributed by atoms with Crippen LogP contribution in [0, 0.1) is 17.3 Å². The summed E-state index contributed by atoms with van der Waals surface area (Å²) in [5, 5.41) is 6.98. The second-order valence-electron chi connectivity index (χ2n) is 9.08. The molecule has 1 amide bonds. The van der Waals surface area contributed by atoms with E-state index in [0.29, 0.717) is 5.92 Å². The summed E-state index contributed by atoms with van der Waals surface area (Å²) in [6, 6.07) is 0.268. The summed E-state index contributed by atoms with van der Waals surface area (Å²) in [5.74, 6) is 1.62. The second kappa shape index (κ2) is 10.8. The van der Waals surface area contributed by atoms with Crippen LogP contribution in [0.25, 0.3) is 0 Å². The minimum absolute atomic E-state index is 0. The van der Waals surface area contributed by atoms with Crippen molar-refractivity contribution in [2.75, 3.05) is 33.3 Å². The van der Waals surface area contributed by atoms with Crippen molar-refractivity contribution < 1.29 is 9.53 Å². The van der Waals surface area contributed by atoms with Crippen LogP contribution in [-0.4, -0.2) is 62.2 Å². The number of amides is 1. The first-order valence-electron chi connectivity index (χ1n) is 10.1. The lowest BCUT2D eigenvalue weighted by Crippen LogP contribution is -2.50. The van der Waals surface area contributed by atoms with Gasteiger partial charge < -0.3 is 20.3 Å². The third-order valence-corrected chi connectivity index (χ3v) is 5.39. The van der Waals surface area contributed by atoms with Crippen LogP contribution < -0.4 is 10.6 Å². The minimum atomic E-state index is 0. The number of nitrogens with zero attached hydrogens (tertiary/aromatic N) is 2. The molecule has 3 unspecified atom stereocenters. The van der Waals surface area contributed by atoms with Crippen LogP contribution in [0.3, 0.4) is 0 Å². The van der Waals surface area contributed by atoms with E-state index in [1.54, 1.807) is 7.05 Å². The number of rotatable bonds is 4. The van der Waals surface area contributed by atoms with Crippen LogP contribution in [0.4, 0.5) is 0 Å². The number of likely N-dealkylation sites (tertiary alicyclic amines) is 1. The molecule has 2 heterocycles. The van der Waals surface area contributed by atoms with Gasteiger partial charge in [0.25, 0.3) is 0 Å². The lowest BCUT2D eigenvalue weighted by Gasteiger charge is -2.40. The molecular formula is C20H39IN4O2. The Hall–Kier alpha value is -0.570. The van der Waals surface area contributed by atoms with E-state index >= 15 is 0 Å². The Morgan fingerprint density at radius 2 is 2.00 bits per heavy atom. The first-order valence-corrected chi connectivity index (χ1v) is 10.1. The van der Waals surface area contributed by atoms with Crippen molar-refractivity contribution >= 4 is 35.8 Å². The van der Waals surface area contributed by atoms with Gasteiger partial charge in [0.2, 0.25) is 5.91 Å². The van der Waals surface area contributed by atoms with E-state index in [1.807, 2.05) is 18.7 Å². The van der Waals surface area contributed by atoms with Crippen molar-refractivity contribution in [3.63, 3.8) is 0 Å². The lowest BCUT2D eigenvalue weighted by atomic mass is 9.78. The van der Waals surface area contributed by atoms with Gasteiger partial charge in [-0.2, -0.15) is 0 Å². The molecule has 2 saturated heterocycles. The molecule has 0 aromatic rings. The van der Waals surface area contributed by atoms with Crippen molar-refractivity contribution in [1.29, 1.82) is 0 Å². The van der Waals surface area contributed by atoms with E-state index in [0.717, 1.165) is 45.0 Å². The molecule has 27 heavy (non-hydrogen) atoms. The number of carbonyl (C=O) groups excluding carboxylic acids is 1. The molecule has 0 aromatic carbocycles. The van der Waals surface area contributed by atoms with Crippen LogP contribution in [0.2, 0.25) is 0 Å². The van der Waals surface area contributed by atoms with E-state index in [-0.39, 0.29) is 53.4 Å². The maximum atomic E-state index is 12.1. The van der Waals surface area contributed by atoms with Crippen LogP contribution in [0.5, 0.6) is 0 Å². The number of aliphatic imine (C=N–C) groups is 1. The van der Waals surface area contributed by atoms with Crippen molar-refractivity contribution in [3.8, 4) is 0 Å². The monoisotopic (exact) mass is 494 g/mol. The van der Waals surface area contributed by atoms with E-state index in [2.05, 4.69) is 36.4 Å². The number of halogens is 1. The SMILES string of the molecule is CN=C(NCC1CCCOC1C(C)(C)C)NC1CCN(C(=O)C(C)C)C1.I. The predicted octanol–water partition coefficient (Wildman–Crippen LogP) is 2.87. The number of hydrogen-bond donors (Lipinski definition) is 2. The average molecular weight is 494 g/mol. The summed E-state index contributed by atoms with van der Waals surface area (Å²) < 4.78 is 6.07. The maximum Gasteiger partial charge on any atom is 0.225 e. The molecule has 6 nitrogen and oxygen atoms in total. The minimum Gasteiger partial charge on any atom is -0.377 e. The molecule has 0 spiro atoms. The number of guanidine groups is 1. The van der Waals surface area contributed by atoms with Crippen LogP contribution in [0.15, 0.2) is 4.99 Å². The molecule has 2 aliphatic rings. The lowest BCUT2D eigenvalue weighted by molar-refractivity contribution is -0.133. The van der Waals surface area contributed by atoms with E-state index in [1.165, 1.54) is 6.42 Å². The quantitative estimate of drug-likeness (QED) is 0.359. The first kappa shape index (κ1) is 24.5. The standard InChI is InChI=1S/C20H38N4O2.HI/c1-14(2)18(25)24-10-9-16(13-24)23-19(21-6)22-12-15-8-7-11-26-17(15)20(3,4)5;/h14-17H,7-13H2,1-6H3,(H2,21,22,23);1H. The molecule has 0 aliphatic carbocycles. The molecule has 7 heteroatoms. The molecule has 2 rings (SSSR count). The topological polar surface area (TPSA) is 66.0 Å². The predicted molar refractivity (Wildman–Crippen MR) is 122 cm³/mol. The molecule has 0 radical (unpaired) electrons. The Balaban J connectivity index is 0.00000364. The largest absolute Gasteiger partial charge is 0.377 e. The smallest absolute Gasteiger partial charge is 0.225 e. The second-order valence-corrected chi connectivity index (χ2v) is 9.08. The summed E-state index contributed by atoms with van der Waals surface area (Å²) in [4.78, 5) is 18.5. The third-order valence-electron chi connectivity index (χ3n) is 5.39. The fourth-order valence-electron chi connectivity index (χ4n) is 4.07. The summed E-state index contributed by atoms with van der Waals surface area (Å²) >= 11 is 0. The van der Waals surface area contributed by atoms with Crippen molar-refractivity contribution in [3.05, 3.63) is 0 Å². The highest BCUT2D eigenvalue weighted by molar-refractivity contribution is 14.0. The summed E-state index contributed by atoms with van der Waals surface area (Å²) in [6.07, 6.45) is 3.55. The van der Waals surface area contributed by atoms with Crippen LogP contribution >= 0.6 is 24.0 Å².